The molecule has 2 aromatic carbocycles. The van der Waals surface area contributed by atoms with Crippen molar-refractivity contribution in [2.24, 2.45) is 10.4 Å². The average Bonchev–Trinajstić information content (AvgIpc) is 3.29. The fourth-order valence-electron chi connectivity index (χ4n) is 4.06. The van der Waals surface area contributed by atoms with Crippen LogP contribution in [0.2, 0.25) is 5.02 Å². The smallest absolute Gasteiger partial charge is 0.375 e. The van der Waals surface area contributed by atoms with E-state index >= 15 is 4.39 Å². The molecule has 1 saturated heterocycles. The number of hydrogen-bond donors (Lipinski definition) is 2. The van der Waals surface area contributed by atoms with E-state index in [1.54, 1.807) is 0 Å². The van der Waals surface area contributed by atoms with Gasteiger partial charge in [-0.25, -0.2) is 22.9 Å². The minimum Gasteiger partial charge on any atom is -0.473 e. The molecular formula is C29H28ClF3N4O5. The molecule has 1 fully saturated rings. The Balaban J connectivity index is 1.42. The topological polar surface area (TPSA) is 111 Å². The van der Waals surface area contributed by atoms with Gasteiger partial charge < -0.3 is 14.2 Å². The van der Waals surface area contributed by atoms with Gasteiger partial charge in [-0.2, -0.15) is 0 Å². The number of nitrogens with zero attached hydrogens (tertiary/aromatic N) is 2. The Labute approximate surface area is 245 Å². The number of amidine groups is 1. The number of benzene rings is 2. The van der Waals surface area contributed by atoms with Crippen LogP contribution in [0.3, 0.4) is 0 Å². The highest BCUT2D eigenvalue weighted by Crippen LogP contribution is 2.30. The van der Waals surface area contributed by atoms with Crippen molar-refractivity contribution in [2.45, 2.75) is 32.9 Å². The number of amides is 1. The highest BCUT2D eigenvalue weighted by Gasteiger charge is 2.36. The number of pyridine rings is 1. The lowest BCUT2D eigenvalue weighted by Crippen LogP contribution is -2.47. The molecule has 1 aliphatic heterocycles. The molecule has 2 heterocycles. The molecule has 0 saturated carbocycles. The van der Waals surface area contributed by atoms with Crippen molar-refractivity contribution < 1.29 is 37.0 Å². The summed E-state index contributed by atoms with van der Waals surface area (Å²) in [5, 5.41) is 0.241. The summed E-state index contributed by atoms with van der Waals surface area (Å²) in [7, 11) is 1.16. The number of rotatable bonds is 7. The second kappa shape index (κ2) is 13.2. The summed E-state index contributed by atoms with van der Waals surface area (Å²) in [6.07, 6.45) is -0.550. The van der Waals surface area contributed by atoms with Gasteiger partial charge in [0.05, 0.1) is 38.5 Å². The van der Waals surface area contributed by atoms with Crippen molar-refractivity contribution in [3.8, 4) is 17.1 Å². The predicted octanol–water partition coefficient (Wildman–Crippen LogP) is 4.56. The molecule has 1 aromatic heterocycles. The first-order chi connectivity index (χ1) is 20.0. The minimum absolute atomic E-state index is 0.0619. The molecule has 2 N–H and O–H groups in total. The summed E-state index contributed by atoms with van der Waals surface area (Å²) >= 11 is 5.76. The van der Waals surface area contributed by atoms with Crippen molar-refractivity contribution in [3.63, 3.8) is 0 Å². The number of carbonyl (C=O) groups excluding carboxylic acids is 2. The van der Waals surface area contributed by atoms with Gasteiger partial charge in [-0.3, -0.25) is 20.6 Å². The van der Waals surface area contributed by atoms with E-state index in [-0.39, 0.29) is 63.8 Å². The van der Waals surface area contributed by atoms with E-state index in [0.717, 1.165) is 25.3 Å². The van der Waals surface area contributed by atoms with Crippen LogP contribution in [0.5, 0.6) is 5.88 Å². The van der Waals surface area contributed by atoms with Crippen molar-refractivity contribution in [2.75, 3.05) is 20.3 Å². The quantitative estimate of drug-likeness (QED) is 0.176. The number of carbonyl (C=O) groups is 2. The van der Waals surface area contributed by atoms with E-state index in [9.17, 15) is 18.4 Å². The zero-order chi connectivity index (χ0) is 30.4. The third-order valence-electron chi connectivity index (χ3n) is 6.51. The van der Waals surface area contributed by atoms with Crippen molar-refractivity contribution in [1.29, 1.82) is 0 Å². The summed E-state index contributed by atoms with van der Waals surface area (Å²) in [5.74, 6) is -4.03. The summed E-state index contributed by atoms with van der Waals surface area (Å²) in [5.41, 5.74) is 4.24. The Hall–Kier alpha value is -4.16. The van der Waals surface area contributed by atoms with Crippen LogP contribution in [-0.2, 0) is 32.1 Å². The first kappa shape index (κ1) is 30.8. The second-order valence-corrected chi connectivity index (χ2v) is 10.6. The van der Waals surface area contributed by atoms with Gasteiger partial charge >= 0.3 is 5.97 Å². The first-order valence-electron chi connectivity index (χ1n) is 12.8. The number of aromatic nitrogens is 1. The highest BCUT2D eigenvalue weighted by molar-refractivity contribution is 6.35. The Kier molecular flexibility index (Phi) is 9.69. The predicted molar refractivity (Wildman–Crippen MR) is 148 cm³/mol. The largest absolute Gasteiger partial charge is 0.473 e. The molecule has 42 heavy (non-hydrogen) atoms. The maximum absolute atomic E-state index is 15.1. The van der Waals surface area contributed by atoms with Crippen LogP contribution in [0.25, 0.3) is 11.3 Å². The molecule has 1 atom stereocenters. The maximum Gasteiger partial charge on any atom is 0.375 e. The summed E-state index contributed by atoms with van der Waals surface area (Å²) in [6, 6.07) is 10.0. The zero-order valence-corrected chi connectivity index (χ0v) is 23.7. The monoisotopic (exact) mass is 604 g/mol. The summed E-state index contributed by atoms with van der Waals surface area (Å²) in [6.45, 7) is 4.41. The number of esters is 1. The standard InChI is InChI=1S/C29H28ClF3N4O5/c1-29(2)15-41-14-24(29)35-27(28(39)40-3)37-36-25(38)10-17-9-22(33)19(12-21(17)32)23-5-4-6-26(34-23)42-13-16-7-8-18(30)11-20(16)31/h4-9,11-12,24H,10,13-15H2,1-3H3,(H,35,37)(H,36,38). The van der Waals surface area contributed by atoms with Crippen LogP contribution >= 0.6 is 11.6 Å². The van der Waals surface area contributed by atoms with Crippen LogP contribution in [0.15, 0.2) is 53.5 Å². The maximum atomic E-state index is 15.1. The van der Waals surface area contributed by atoms with Crippen molar-refractivity contribution in [3.05, 3.63) is 82.1 Å². The van der Waals surface area contributed by atoms with Gasteiger partial charge in [0, 0.05) is 33.2 Å². The fraction of sp³-hybridized carbons (Fsp3) is 0.310. The Bertz CT molecular complexity index is 1520. The lowest BCUT2D eigenvalue weighted by atomic mass is 9.88. The lowest BCUT2D eigenvalue weighted by molar-refractivity contribution is -0.133. The average molecular weight is 605 g/mol. The molecule has 1 aliphatic rings. The molecule has 0 aliphatic carbocycles. The van der Waals surface area contributed by atoms with E-state index in [4.69, 9.17) is 25.8 Å². The second-order valence-electron chi connectivity index (χ2n) is 10.1. The van der Waals surface area contributed by atoms with Crippen molar-refractivity contribution >= 4 is 29.3 Å². The van der Waals surface area contributed by atoms with Gasteiger partial charge in [-0.05, 0) is 30.3 Å². The van der Waals surface area contributed by atoms with Crippen LogP contribution in [0.1, 0.15) is 25.0 Å². The van der Waals surface area contributed by atoms with Crippen LogP contribution < -0.4 is 15.6 Å². The third kappa shape index (κ3) is 7.56. The van der Waals surface area contributed by atoms with E-state index in [1.807, 2.05) is 13.8 Å². The number of ether oxygens (including phenoxy) is 3. The van der Waals surface area contributed by atoms with Gasteiger partial charge in [0.15, 0.2) is 0 Å². The van der Waals surface area contributed by atoms with Crippen LogP contribution in [0.4, 0.5) is 13.2 Å². The zero-order valence-electron chi connectivity index (χ0n) is 23.0. The number of halogens is 4. The number of nitrogens with one attached hydrogen (secondary N) is 2. The Morgan fingerprint density at radius 1 is 1.07 bits per heavy atom. The summed E-state index contributed by atoms with van der Waals surface area (Å²) < 4.78 is 59.7. The molecule has 9 nitrogen and oxygen atoms in total. The van der Waals surface area contributed by atoms with Gasteiger partial charge in [0.2, 0.25) is 17.6 Å². The van der Waals surface area contributed by atoms with Crippen molar-refractivity contribution in [1.82, 2.24) is 15.8 Å². The molecule has 4 rings (SSSR count). The van der Waals surface area contributed by atoms with Gasteiger partial charge in [-0.1, -0.05) is 37.6 Å². The Morgan fingerprint density at radius 2 is 1.83 bits per heavy atom. The molecule has 0 spiro atoms. The molecule has 13 heteroatoms. The lowest BCUT2D eigenvalue weighted by Gasteiger charge is -2.21. The van der Waals surface area contributed by atoms with Crippen LogP contribution in [0, 0.1) is 22.9 Å². The molecule has 3 aromatic rings. The summed E-state index contributed by atoms with van der Waals surface area (Å²) in [4.78, 5) is 33.2. The fourth-order valence-corrected chi connectivity index (χ4v) is 4.22. The van der Waals surface area contributed by atoms with Crippen LogP contribution in [-0.4, -0.2) is 49.1 Å². The van der Waals surface area contributed by atoms with E-state index < -0.39 is 35.7 Å². The third-order valence-corrected chi connectivity index (χ3v) is 6.75. The molecule has 222 valence electrons. The van der Waals surface area contributed by atoms with E-state index in [2.05, 4.69) is 20.8 Å². The minimum atomic E-state index is -0.857. The molecule has 0 bridgehead atoms. The SMILES string of the molecule is COC(=O)C(=NC1COCC1(C)C)NNC(=O)Cc1cc(F)c(-c2cccc(OCc3ccc(Cl)cc3F)n2)cc1F. The van der Waals surface area contributed by atoms with Gasteiger partial charge in [0.1, 0.15) is 24.1 Å². The van der Waals surface area contributed by atoms with Gasteiger partial charge in [-0.15, -0.1) is 0 Å². The molecule has 1 unspecified atom stereocenters. The highest BCUT2D eigenvalue weighted by atomic mass is 35.5. The van der Waals surface area contributed by atoms with E-state index in [1.165, 1.54) is 30.3 Å². The Morgan fingerprint density at radius 3 is 2.52 bits per heavy atom. The van der Waals surface area contributed by atoms with Gasteiger partial charge in [0.25, 0.3) is 0 Å². The number of hydrazine groups is 1. The molecule has 1 amide bonds. The normalized spacial score (nSPS) is 16.2. The van der Waals surface area contributed by atoms with E-state index in [0.29, 0.717) is 6.61 Å². The number of methoxy groups -OCH3 is 1. The molecule has 0 radical (unpaired) electrons. The molecular weight excluding hydrogens is 577 g/mol. The number of hydrogen-bond acceptors (Lipinski definition) is 7. The number of aliphatic imine (C=N–C) groups is 1. The first-order valence-corrected chi connectivity index (χ1v) is 13.2.